The third-order valence-electron chi connectivity index (χ3n) is 4.55. The topological polar surface area (TPSA) is 122 Å². The molecule has 3 rings (SSSR count). The number of nitrogens with one attached hydrogen (secondary N) is 2. The van der Waals surface area contributed by atoms with Gasteiger partial charge in [0, 0.05) is 19.6 Å². The Morgan fingerprint density at radius 1 is 1.00 bits per heavy atom. The van der Waals surface area contributed by atoms with E-state index < -0.39 is 31.8 Å². The lowest BCUT2D eigenvalue weighted by molar-refractivity contribution is 0.0730. The van der Waals surface area contributed by atoms with Crippen molar-refractivity contribution in [3.8, 4) is 0 Å². The number of carbonyl (C=O) groups is 1. The van der Waals surface area contributed by atoms with Crippen molar-refractivity contribution in [1.82, 2.24) is 9.62 Å². The highest BCUT2D eigenvalue weighted by Gasteiger charge is 2.24. The smallest absolute Gasteiger partial charge is 0.261 e. The molecule has 2 aromatic carbocycles. The third kappa shape index (κ3) is 6.00. The molecule has 1 amide bonds. The summed E-state index contributed by atoms with van der Waals surface area (Å²) in [6.07, 6.45) is 0. The number of rotatable bonds is 8. The molecule has 0 aromatic heterocycles. The Morgan fingerprint density at radius 2 is 1.65 bits per heavy atom. The van der Waals surface area contributed by atoms with Gasteiger partial charge >= 0.3 is 0 Å². The minimum atomic E-state index is -4.06. The van der Waals surface area contributed by atoms with Crippen LogP contribution in [0.1, 0.15) is 10.4 Å². The summed E-state index contributed by atoms with van der Waals surface area (Å²) in [6, 6.07) is 10.2. The van der Waals surface area contributed by atoms with E-state index in [-0.39, 0.29) is 41.5 Å². The normalized spacial score (nSPS) is 15.4. The van der Waals surface area contributed by atoms with Crippen molar-refractivity contribution in [2.24, 2.45) is 0 Å². The summed E-state index contributed by atoms with van der Waals surface area (Å²) < 4.78 is 71.6. The van der Waals surface area contributed by atoms with Crippen molar-refractivity contribution in [2.45, 2.75) is 4.90 Å². The van der Waals surface area contributed by atoms with Gasteiger partial charge in [-0.15, -0.1) is 0 Å². The van der Waals surface area contributed by atoms with Gasteiger partial charge in [0.05, 0.1) is 35.1 Å². The van der Waals surface area contributed by atoms with Gasteiger partial charge in [0.1, 0.15) is 5.82 Å². The molecule has 0 aliphatic carbocycles. The molecule has 0 saturated carbocycles. The molecule has 1 aliphatic rings. The summed E-state index contributed by atoms with van der Waals surface area (Å²) in [5.74, 6) is -1.50. The first kappa shape index (κ1) is 23.1. The van der Waals surface area contributed by atoms with E-state index in [9.17, 15) is 26.0 Å². The zero-order valence-corrected chi connectivity index (χ0v) is 18.1. The molecule has 0 radical (unpaired) electrons. The molecule has 1 saturated heterocycles. The fourth-order valence-corrected chi connectivity index (χ4v) is 5.33. The Morgan fingerprint density at radius 3 is 2.32 bits per heavy atom. The highest BCUT2D eigenvalue weighted by Crippen LogP contribution is 2.20. The van der Waals surface area contributed by atoms with E-state index in [0.29, 0.717) is 13.2 Å². The summed E-state index contributed by atoms with van der Waals surface area (Å²) in [5, 5.41) is 2.51. The number of para-hydroxylation sites is 1. The second-order valence-electron chi connectivity index (χ2n) is 6.69. The van der Waals surface area contributed by atoms with E-state index in [2.05, 4.69) is 10.0 Å². The van der Waals surface area contributed by atoms with Gasteiger partial charge in [-0.3, -0.25) is 9.52 Å². The number of carbonyl (C=O) groups excluding carboxylic acids is 1. The standard InChI is InChI=1S/C19H22FN3O6S2/c20-15-5-7-16(8-6-15)31(27,28)22-18-4-2-1-3-17(18)19(24)21-9-14-30(25,26)23-10-12-29-13-11-23/h1-8,22H,9-14H2,(H,21,24). The first-order valence-electron chi connectivity index (χ1n) is 9.40. The zero-order chi connectivity index (χ0) is 22.5. The number of benzene rings is 2. The molecule has 31 heavy (non-hydrogen) atoms. The fourth-order valence-electron chi connectivity index (χ4n) is 2.93. The van der Waals surface area contributed by atoms with Crippen LogP contribution >= 0.6 is 0 Å². The summed E-state index contributed by atoms with van der Waals surface area (Å²) >= 11 is 0. The summed E-state index contributed by atoms with van der Waals surface area (Å²) in [6.45, 7) is 1.05. The molecule has 1 heterocycles. The van der Waals surface area contributed by atoms with E-state index in [1.807, 2.05) is 0 Å². The van der Waals surface area contributed by atoms with Gasteiger partial charge in [-0.25, -0.2) is 21.2 Å². The number of sulfonamides is 2. The Balaban J connectivity index is 1.66. The van der Waals surface area contributed by atoms with E-state index in [1.165, 1.54) is 16.4 Å². The maximum absolute atomic E-state index is 13.1. The molecular formula is C19H22FN3O6S2. The maximum Gasteiger partial charge on any atom is 0.261 e. The first-order chi connectivity index (χ1) is 14.7. The Bertz CT molecular complexity index is 1130. The Hall–Kier alpha value is -2.54. The van der Waals surface area contributed by atoms with Crippen molar-refractivity contribution in [3.05, 3.63) is 59.9 Å². The van der Waals surface area contributed by atoms with E-state index >= 15 is 0 Å². The summed E-state index contributed by atoms with van der Waals surface area (Å²) in [7, 11) is -7.60. The molecular weight excluding hydrogens is 449 g/mol. The average Bonchev–Trinajstić information content (AvgIpc) is 2.74. The largest absolute Gasteiger partial charge is 0.379 e. The summed E-state index contributed by atoms with van der Waals surface area (Å²) in [5.41, 5.74) is 0.0392. The molecule has 1 aliphatic heterocycles. The van der Waals surface area contributed by atoms with Gasteiger partial charge < -0.3 is 10.1 Å². The van der Waals surface area contributed by atoms with Crippen LogP contribution in [0.2, 0.25) is 0 Å². The van der Waals surface area contributed by atoms with Crippen LogP contribution in [0.15, 0.2) is 53.4 Å². The molecule has 9 nitrogen and oxygen atoms in total. The van der Waals surface area contributed by atoms with E-state index in [1.54, 1.807) is 12.1 Å². The summed E-state index contributed by atoms with van der Waals surface area (Å²) in [4.78, 5) is 12.4. The monoisotopic (exact) mass is 471 g/mol. The Kier molecular flexibility index (Phi) is 7.26. The molecule has 168 valence electrons. The zero-order valence-electron chi connectivity index (χ0n) is 16.5. The number of morpholine rings is 1. The van der Waals surface area contributed by atoms with Gasteiger partial charge in [0.2, 0.25) is 10.0 Å². The molecule has 0 spiro atoms. The molecule has 2 aromatic rings. The average molecular weight is 472 g/mol. The van der Waals surface area contributed by atoms with Crippen LogP contribution in [-0.4, -0.2) is 65.6 Å². The van der Waals surface area contributed by atoms with Gasteiger partial charge in [-0.1, -0.05) is 12.1 Å². The molecule has 1 fully saturated rings. The van der Waals surface area contributed by atoms with E-state index in [0.717, 1.165) is 24.3 Å². The fraction of sp³-hybridized carbons (Fsp3) is 0.316. The van der Waals surface area contributed by atoms with Crippen LogP contribution in [0.3, 0.4) is 0 Å². The Labute approximate surface area is 180 Å². The molecule has 0 atom stereocenters. The van der Waals surface area contributed by atoms with Crippen molar-refractivity contribution < 1.29 is 30.8 Å². The predicted molar refractivity (Wildman–Crippen MR) is 112 cm³/mol. The number of ether oxygens (including phenoxy) is 1. The molecule has 2 N–H and O–H groups in total. The number of hydrogen-bond donors (Lipinski definition) is 2. The first-order valence-corrected chi connectivity index (χ1v) is 12.5. The minimum absolute atomic E-state index is 0.0142. The van der Waals surface area contributed by atoms with Crippen molar-refractivity contribution in [3.63, 3.8) is 0 Å². The lowest BCUT2D eigenvalue weighted by Crippen LogP contribution is -2.43. The van der Waals surface area contributed by atoms with Crippen molar-refractivity contribution in [2.75, 3.05) is 43.3 Å². The highest BCUT2D eigenvalue weighted by atomic mass is 32.2. The maximum atomic E-state index is 13.1. The number of halogens is 1. The van der Waals surface area contributed by atoms with Crippen LogP contribution in [0.4, 0.5) is 10.1 Å². The van der Waals surface area contributed by atoms with Gasteiger partial charge in [0.15, 0.2) is 0 Å². The van der Waals surface area contributed by atoms with Crippen LogP contribution in [0.5, 0.6) is 0 Å². The third-order valence-corrected chi connectivity index (χ3v) is 7.80. The highest BCUT2D eigenvalue weighted by molar-refractivity contribution is 7.92. The number of nitrogens with zero attached hydrogens (tertiary/aromatic N) is 1. The lowest BCUT2D eigenvalue weighted by Gasteiger charge is -2.26. The SMILES string of the molecule is O=C(NCCS(=O)(=O)N1CCOCC1)c1ccccc1NS(=O)(=O)c1ccc(F)cc1. The number of amides is 1. The number of hydrogen-bond acceptors (Lipinski definition) is 6. The van der Waals surface area contributed by atoms with Gasteiger partial charge in [0.25, 0.3) is 15.9 Å². The number of anilines is 1. The molecule has 0 unspecified atom stereocenters. The van der Waals surface area contributed by atoms with Crippen LogP contribution in [0, 0.1) is 5.82 Å². The van der Waals surface area contributed by atoms with Crippen LogP contribution in [-0.2, 0) is 24.8 Å². The lowest BCUT2D eigenvalue weighted by atomic mass is 10.2. The molecule has 12 heteroatoms. The van der Waals surface area contributed by atoms with Gasteiger partial charge in [-0.2, -0.15) is 4.31 Å². The van der Waals surface area contributed by atoms with Crippen molar-refractivity contribution in [1.29, 1.82) is 0 Å². The molecule has 0 bridgehead atoms. The van der Waals surface area contributed by atoms with Crippen molar-refractivity contribution >= 4 is 31.6 Å². The van der Waals surface area contributed by atoms with E-state index in [4.69, 9.17) is 4.74 Å². The quantitative estimate of drug-likeness (QED) is 0.593. The van der Waals surface area contributed by atoms with Crippen LogP contribution in [0.25, 0.3) is 0 Å². The second-order valence-corrected chi connectivity index (χ2v) is 10.5. The predicted octanol–water partition coefficient (Wildman–Crippen LogP) is 1.02. The second kappa shape index (κ2) is 9.73. The minimum Gasteiger partial charge on any atom is -0.379 e. The van der Waals surface area contributed by atoms with Crippen LogP contribution < -0.4 is 10.0 Å². The van der Waals surface area contributed by atoms with Gasteiger partial charge in [-0.05, 0) is 36.4 Å².